The lowest BCUT2D eigenvalue weighted by atomic mass is 10.1. The minimum absolute atomic E-state index is 0.125. The summed E-state index contributed by atoms with van der Waals surface area (Å²) in [4.78, 5) is 19.3. The van der Waals surface area contributed by atoms with Crippen molar-refractivity contribution in [2.75, 3.05) is 20.0 Å². The van der Waals surface area contributed by atoms with E-state index >= 15 is 0 Å². The third-order valence-corrected chi connectivity index (χ3v) is 6.69. The average molecular weight is 524 g/mol. The van der Waals surface area contributed by atoms with Crippen molar-refractivity contribution in [3.8, 4) is 22.8 Å². The first-order chi connectivity index (χ1) is 17.0. The predicted molar refractivity (Wildman–Crippen MR) is 125 cm³/mol. The molecule has 0 bridgehead atoms. The van der Waals surface area contributed by atoms with Gasteiger partial charge in [-0.25, -0.2) is 18.4 Å². The van der Waals surface area contributed by atoms with Crippen molar-refractivity contribution in [3.63, 3.8) is 0 Å². The Morgan fingerprint density at radius 2 is 1.69 bits per heavy atom. The summed E-state index contributed by atoms with van der Waals surface area (Å²) in [6.07, 6.45) is -5.17. The molecule has 0 aliphatic heterocycles. The van der Waals surface area contributed by atoms with Gasteiger partial charge in [-0.05, 0) is 42.3 Å². The first-order valence-electron chi connectivity index (χ1n) is 10.8. The second kappa shape index (κ2) is 11.4. The van der Waals surface area contributed by atoms with E-state index in [0.717, 1.165) is 5.56 Å². The molecule has 3 aromatic rings. The Morgan fingerprint density at radius 3 is 2.33 bits per heavy atom. The van der Waals surface area contributed by atoms with E-state index in [2.05, 4.69) is 15.3 Å². The Bertz CT molecular complexity index is 1310. The van der Waals surface area contributed by atoms with Gasteiger partial charge in [0.2, 0.25) is 20.9 Å². The predicted octanol–water partition coefficient (Wildman–Crippen LogP) is 4.05. The zero-order valence-electron chi connectivity index (χ0n) is 19.5. The summed E-state index contributed by atoms with van der Waals surface area (Å²) in [5.41, 5.74) is -0.639. The maximum Gasteiger partial charge on any atom is 0.433 e. The number of nitrogens with zero attached hydrogens (tertiary/aromatic N) is 2. The van der Waals surface area contributed by atoms with Gasteiger partial charge in [0.1, 0.15) is 17.2 Å². The van der Waals surface area contributed by atoms with E-state index in [0.29, 0.717) is 11.8 Å². The van der Waals surface area contributed by atoms with E-state index in [1.54, 1.807) is 36.4 Å². The molecule has 1 N–H and O–H groups in total. The van der Waals surface area contributed by atoms with Crippen LogP contribution in [-0.4, -0.2) is 44.3 Å². The first kappa shape index (κ1) is 26.9. The second-order valence-electron chi connectivity index (χ2n) is 7.67. The second-order valence-corrected chi connectivity index (χ2v) is 9.67. The van der Waals surface area contributed by atoms with Crippen molar-refractivity contribution in [1.29, 1.82) is 0 Å². The monoisotopic (exact) mass is 523 g/mol. The summed E-state index contributed by atoms with van der Waals surface area (Å²) in [7, 11) is -1.45. The molecule has 0 fully saturated rings. The Kier molecular flexibility index (Phi) is 8.51. The molecule has 2 aromatic carbocycles. The molecular formula is C24H24F3N3O5S. The van der Waals surface area contributed by atoms with Crippen LogP contribution in [0.3, 0.4) is 0 Å². The quantitative estimate of drug-likeness (QED) is 0.400. The van der Waals surface area contributed by atoms with Crippen LogP contribution in [0.4, 0.5) is 13.2 Å². The number of ether oxygens (including phenoxy) is 2. The third kappa shape index (κ3) is 6.94. The summed E-state index contributed by atoms with van der Waals surface area (Å²) in [5.74, 6) is -0.113. The minimum atomic E-state index is -4.90. The lowest BCUT2D eigenvalue weighted by molar-refractivity contribution is -0.141. The summed E-state index contributed by atoms with van der Waals surface area (Å²) in [6, 6.07) is 13.8. The number of nitrogens with one attached hydrogen (secondary N) is 1. The van der Waals surface area contributed by atoms with Gasteiger partial charge in [0.15, 0.2) is 0 Å². The molecule has 12 heteroatoms. The van der Waals surface area contributed by atoms with E-state index < -0.39 is 38.5 Å². The van der Waals surface area contributed by atoms with Gasteiger partial charge in [0.25, 0.3) is 0 Å². The van der Waals surface area contributed by atoms with Gasteiger partial charge in [-0.15, -0.1) is 0 Å². The van der Waals surface area contributed by atoms with Gasteiger partial charge < -0.3 is 14.8 Å². The van der Waals surface area contributed by atoms with Gasteiger partial charge >= 0.3 is 6.18 Å². The molecule has 0 saturated heterocycles. The summed E-state index contributed by atoms with van der Waals surface area (Å²) >= 11 is 0. The number of benzene rings is 2. The number of aromatic nitrogens is 2. The number of rotatable bonds is 10. The summed E-state index contributed by atoms with van der Waals surface area (Å²) in [6.45, 7) is 0.231. The zero-order valence-corrected chi connectivity index (χ0v) is 20.3. The number of amides is 1. The van der Waals surface area contributed by atoms with E-state index in [4.69, 9.17) is 9.47 Å². The van der Waals surface area contributed by atoms with Crippen molar-refractivity contribution in [1.82, 2.24) is 15.3 Å². The Morgan fingerprint density at radius 1 is 1.00 bits per heavy atom. The summed E-state index contributed by atoms with van der Waals surface area (Å²) in [5, 5.41) is 1.71. The average Bonchev–Trinajstić information content (AvgIpc) is 2.86. The molecule has 1 amide bonds. The van der Waals surface area contributed by atoms with Crippen LogP contribution in [0.15, 0.2) is 59.8 Å². The van der Waals surface area contributed by atoms with Crippen molar-refractivity contribution in [3.05, 3.63) is 65.9 Å². The molecule has 8 nitrogen and oxygen atoms in total. The fourth-order valence-electron chi connectivity index (χ4n) is 3.25. The van der Waals surface area contributed by atoms with Crippen molar-refractivity contribution in [2.45, 2.75) is 30.7 Å². The standard InChI is InChI=1S/C24H24F3N3O5S/c1-34-17-11-9-16(10-12-17)15-28-22(31)8-5-13-36(32,33)23-29-19(14-21(30-23)24(25,26)27)18-6-3-4-7-20(18)35-2/h3-4,6-7,9-12,14H,5,8,13,15H2,1-2H3,(H,28,31). The molecule has 1 heterocycles. The van der Waals surface area contributed by atoms with E-state index in [1.165, 1.54) is 26.4 Å². The number of carbonyl (C=O) groups excluding carboxylic acids is 1. The number of sulfone groups is 1. The maximum atomic E-state index is 13.5. The Balaban J connectivity index is 1.72. The number of carbonyl (C=O) groups is 1. The zero-order chi connectivity index (χ0) is 26.3. The van der Waals surface area contributed by atoms with Crippen LogP contribution in [0.2, 0.25) is 0 Å². The molecule has 3 rings (SSSR count). The highest BCUT2D eigenvalue weighted by atomic mass is 32.2. The molecule has 1 aromatic heterocycles. The summed E-state index contributed by atoms with van der Waals surface area (Å²) < 4.78 is 76.3. The Hall–Kier alpha value is -3.67. The number of para-hydroxylation sites is 1. The SMILES string of the molecule is COc1ccc(CNC(=O)CCCS(=O)(=O)c2nc(-c3ccccc3OC)cc(C(F)(F)F)n2)cc1. The molecule has 192 valence electrons. The van der Waals surface area contributed by atoms with Gasteiger partial charge in [-0.1, -0.05) is 24.3 Å². The molecule has 0 atom stereocenters. The van der Waals surface area contributed by atoms with Crippen LogP contribution in [0.1, 0.15) is 24.1 Å². The van der Waals surface area contributed by atoms with Crippen LogP contribution in [0.25, 0.3) is 11.3 Å². The molecule has 0 aliphatic rings. The van der Waals surface area contributed by atoms with Crippen molar-refractivity contribution >= 4 is 15.7 Å². The molecule has 0 spiro atoms. The molecule has 36 heavy (non-hydrogen) atoms. The highest BCUT2D eigenvalue weighted by Gasteiger charge is 2.35. The lowest BCUT2D eigenvalue weighted by Crippen LogP contribution is -2.23. The van der Waals surface area contributed by atoms with Gasteiger partial charge in [-0.2, -0.15) is 13.2 Å². The molecule has 0 saturated carbocycles. The number of halogens is 3. The highest BCUT2D eigenvalue weighted by Crippen LogP contribution is 2.34. The van der Waals surface area contributed by atoms with E-state index in [9.17, 15) is 26.4 Å². The normalized spacial score (nSPS) is 11.7. The minimum Gasteiger partial charge on any atom is -0.497 e. The smallest absolute Gasteiger partial charge is 0.433 e. The fourth-order valence-corrected chi connectivity index (χ4v) is 4.43. The van der Waals surface area contributed by atoms with E-state index in [1.807, 2.05) is 0 Å². The van der Waals surface area contributed by atoms with Gasteiger partial charge in [0.05, 0.1) is 25.7 Å². The number of alkyl halides is 3. The van der Waals surface area contributed by atoms with Crippen molar-refractivity contribution in [2.24, 2.45) is 0 Å². The van der Waals surface area contributed by atoms with Gasteiger partial charge in [-0.3, -0.25) is 4.79 Å². The fraction of sp³-hybridized carbons (Fsp3) is 0.292. The van der Waals surface area contributed by atoms with Crippen LogP contribution in [0, 0.1) is 0 Å². The maximum absolute atomic E-state index is 13.5. The van der Waals surface area contributed by atoms with Crippen LogP contribution >= 0.6 is 0 Å². The van der Waals surface area contributed by atoms with Crippen LogP contribution in [-0.2, 0) is 27.4 Å². The topological polar surface area (TPSA) is 107 Å². The first-order valence-corrected chi connectivity index (χ1v) is 12.4. The Labute approximate surface area is 206 Å². The largest absolute Gasteiger partial charge is 0.497 e. The molecule has 0 aliphatic carbocycles. The lowest BCUT2D eigenvalue weighted by Gasteiger charge is -2.13. The number of hydrogen-bond acceptors (Lipinski definition) is 7. The number of methoxy groups -OCH3 is 2. The van der Waals surface area contributed by atoms with Crippen LogP contribution in [0.5, 0.6) is 11.5 Å². The molecule has 0 unspecified atom stereocenters. The van der Waals surface area contributed by atoms with Gasteiger partial charge in [0, 0.05) is 18.5 Å². The molecular weight excluding hydrogens is 499 g/mol. The van der Waals surface area contributed by atoms with Crippen LogP contribution < -0.4 is 14.8 Å². The molecule has 0 radical (unpaired) electrons. The highest BCUT2D eigenvalue weighted by molar-refractivity contribution is 7.91. The number of hydrogen-bond donors (Lipinski definition) is 1. The van der Waals surface area contributed by atoms with E-state index in [-0.39, 0.29) is 36.4 Å². The van der Waals surface area contributed by atoms with Crippen molar-refractivity contribution < 1.29 is 35.9 Å². The third-order valence-electron chi connectivity index (χ3n) is 5.12.